The molecule has 2 N–H and O–H groups in total. The summed E-state index contributed by atoms with van der Waals surface area (Å²) < 4.78 is 4.90. The van der Waals surface area contributed by atoms with Crippen LogP contribution >= 0.6 is 0 Å². The number of anilines is 1. The molecule has 0 bridgehead atoms. The molecule has 0 fully saturated rings. The standard InChI is InChI=1S/C11H12N4O2/c1-12-10-3-2-9(14-15-10)11(16)13-6-8-4-5-17-7-8/h2-5,7H,6H2,1H3,(H,12,15)(H,13,16). The maximum Gasteiger partial charge on any atom is 0.272 e. The quantitative estimate of drug-likeness (QED) is 0.823. The smallest absolute Gasteiger partial charge is 0.272 e. The first-order valence-corrected chi connectivity index (χ1v) is 5.10. The third-order valence-electron chi connectivity index (χ3n) is 2.19. The molecule has 2 rings (SSSR count). The largest absolute Gasteiger partial charge is 0.472 e. The number of carbonyl (C=O) groups is 1. The van der Waals surface area contributed by atoms with Crippen LogP contribution in [0.25, 0.3) is 0 Å². The lowest BCUT2D eigenvalue weighted by Crippen LogP contribution is -2.23. The van der Waals surface area contributed by atoms with E-state index in [0.717, 1.165) is 5.56 Å². The molecule has 0 aliphatic heterocycles. The average molecular weight is 232 g/mol. The fourth-order valence-corrected chi connectivity index (χ4v) is 1.25. The van der Waals surface area contributed by atoms with E-state index in [9.17, 15) is 4.79 Å². The molecule has 17 heavy (non-hydrogen) atoms. The van der Waals surface area contributed by atoms with Crippen molar-refractivity contribution >= 4 is 11.7 Å². The third-order valence-corrected chi connectivity index (χ3v) is 2.19. The lowest BCUT2D eigenvalue weighted by atomic mass is 10.3. The molecular weight excluding hydrogens is 220 g/mol. The van der Waals surface area contributed by atoms with Crippen molar-refractivity contribution in [1.29, 1.82) is 0 Å². The van der Waals surface area contributed by atoms with Crippen LogP contribution in [0.3, 0.4) is 0 Å². The topological polar surface area (TPSA) is 80.0 Å². The van der Waals surface area contributed by atoms with Gasteiger partial charge in [-0.15, -0.1) is 10.2 Å². The number of hydrogen-bond acceptors (Lipinski definition) is 5. The number of furan rings is 1. The van der Waals surface area contributed by atoms with E-state index in [4.69, 9.17) is 4.42 Å². The molecular formula is C11H12N4O2. The van der Waals surface area contributed by atoms with Crippen LogP contribution in [-0.2, 0) is 6.54 Å². The molecule has 2 heterocycles. The Balaban J connectivity index is 1.95. The molecule has 0 atom stereocenters. The van der Waals surface area contributed by atoms with Gasteiger partial charge in [0.2, 0.25) is 0 Å². The zero-order valence-corrected chi connectivity index (χ0v) is 9.30. The monoisotopic (exact) mass is 232 g/mol. The van der Waals surface area contributed by atoms with Crippen molar-refractivity contribution in [3.63, 3.8) is 0 Å². The lowest BCUT2D eigenvalue weighted by molar-refractivity contribution is 0.0945. The van der Waals surface area contributed by atoms with Crippen molar-refractivity contribution in [2.24, 2.45) is 0 Å². The molecule has 0 aliphatic rings. The van der Waals surface area contributed by atoms with Gasteiger partial charge >= 0.3 is 0 Å². The molecule has 0 saturated carbocycles. The first-order chi connectivity index (χ1) is 8.29. The molecule has 2 aromatic rings. The molecule has 0 spiro atoms. The minimum Gasteiger partial charge on any atom is -0.472 e. The second-order valence-electron chi connectivity index (χ2n) is 3.37. The molecule has 6 nitrogen and oxygen atoms in total. The van der Waals surface area contributed by atoms with E-state index in [1.807, 2.05) is 0 Å². The van der Waals surface area contributed by atoms with Gasteiger partial charge in [-0.25, -0.2) is 0 Å². The zero-order chi connectivity index (χ0) is 12.1. The van der Waals surface area contributed by atoms with Crippen molar-refractivity contribution < 1.29 is 9.21 Å². The van der Waals surface area contributed by atoms with Gasteiger partial charge in [-0.3, -0.25) is 4.79 Å². The summed E-state index contributed by atoms with van der Waals surface area (Å²) >= 11 is 0. The van der Waals surface area contributed by atoms with Crippen LogP contribution in [0.15, 0.2) is 35.1 Å². The van der Waals surface area contributed by atoms with Crippen LogP contribution in [0.2, 0.25) is 0 Å². The number of hydrogen-bond donors (Lipinski definition) is 2. The van der Waals surface area contributed by atoms with Crippen LogP contribution in [0.5, 0.6) is 0 Å². The summed E-state index contributed by atoms with van der Waals surface area (Å²) in [5.74, 6) is 0.359. The first-order valence-electron chi connectivity index (χ1n) is 5.10. The molecule has 88 valence electrons. The van der Waals surface area contributed by atoms with E-state index in [2.05, 4.69) is 20.8 Å². The fraction of sp³-hybridized carbons (Fsp3) is 0.182. The van der Waals surface area contributed by atoms with Crippen molar-refractivity contribution in [2.75, 3.05) is 12.4 Å². The first kappa shape index (κ1) is 11.1. The minimum atomic E-state index is -0.263. The van der Waals surface area contributed by atoms with E-state index in [1.54, 1.807) is 37.8 Å². The summed E-state index contributed by atoms with van der Waals surface area (Å²) in [5.41, 5.74) is 1.19. The Bertz CT molecular complexity index is 479. The summed E-state index contributed by atoms with van der Waals surface area (Å²) in [6.07, 6.45) is 3.14. The molecule has 0 radical (unpaired) electrons. The van der Waals surface area contributed by atoms with Crippen LogP contribution in [0.1, 0.15) is 16.1 Å². The van der Waals surface area contributed by atoms with Gasteiger partial charge < -0.3 is 15.1 Å². The highest BCUT2D eigenvalue weighted by Crippen LogP contribution is 2.02. The van der Waals surface area contributed by atoms with Crippen molar-refractivity contribution in [1.82, 2.24) is 15.5 Å². The van der Waals surface area contributed by atoms with Crippen molar-refractivity contribution in [2.45, 2.75) is 6.54 Å². The third kappa shape index (κ3) is 2.81. The number of nitrogens with one attached hydrogen (secondary N) is 2. The van der Waals surface area contributed by atoms with Gasteiger partial charge in [0.25, 0.3) is 5.91 Å². The Hall–Kier alpha value is -2.37. The Morgan fingerprint density at radius 3 is 2.82 bits per heavy atom. The number of amides is 1. The summed E-state index contributed by atoms with van der Waals surface area (Å²) in [5, 5.41) is 13.2. The van der Waals surface area contributed by atoms with Crippen molar-refractivity contribution in [3.8, 4) is 0 Å². The van der Waals surface area contributed by atoms with E-state index < -0.39 is 0 Å². The minimum absolute atomic E-state index is 0.263. The Morgan fingerprint density at radius 1 is 1.35 bits per heavy atom. The lowest BCUT2D eigenvalue weighted by Gasteiger charge is -2.03. The Labute approximate surface area is 98.0 Å². The number of rotatable bonds is 4. The maximum atomic E-state index is 11.7. The van der Waals surface area contributed by atoms with Gasteiger partial charge in [0, 0.05) is 19.2 Å². The van der Waals surface area contributed by atoms with Gasteiger partial charge in [0.05, 0.1) is 12.5 Å². The van der Waals surface area contributed by atoms with Gasteiger partial charge in [-0.1, -0.05) is 0 Å². The molecule has 1 amide bonds. The summed E-state index contributed by atoms with van der Waals surface area (Å²) in [7, 11) is 1.74. The van der Waals surface area contributed by atoms with Gasteiger partial charge in [-0.05, 0) is 18.2 Å². The normalized spacial score (nSPS) is 9.94. The molecule has 0 aromatic carbocycles. The van der Waals surface area contributed by atoms with E-state index >= 15 is 0 Å². The van der Waals surface area contributed by atoms with Crippen LogP contribution in [0, 0.1) is 0 Å². The molecule has 0 saturated heterocycles. The zero-order valence-electron chi connectivity index (χ0n) is 9.30. The fourth-order valence-electron chi connectivity index (χ4n) is 1.25. The number of nitrogens with zero attached hydrogens (tertiary/aromatic N) is 2. The van der Waals surface area contributed by atoms with Gasteiger partial charge in [-0.2, -0.15) is 0 Å². The summed E-state index contributed by atoms with van der Waals surface area (Å²) in [6.45, 7) is 0.408. The average Bonchev–Trinajstić information content (AvgIpc) is 2.89. The van der Waals surface area contributed by atoms with Gasteiger partial charge in [0.1, 0.15) is 5.82 Å². The second kappa shape index (κ2) is 5.11. The van der Waals surface area contributed by atoms with Crippen LogP contribution < -0.4 is 10.6 Å². The highest BCUT2D eigenvalue weighted by molar-refractivity contribution is 5.92. The van der Waals surface area contributed by atoms with Crippen LogP contribution in [0.4, 0.5) is 5.82 Å². The predicted octanol–water partition coefficient (Wildman–Crippen LogP) is 1.04. The second-order valence-corrected chi connectivity index (χ2v) is 3.37. The predicted molar refractivity (Wildman–Crippen MR) is 61.5 cm³/mol. The summed E-state index contributed by atoms with van der Waals surface area (Å²) in [6, 6.07) is 5.10. The van der Waals surface area contributed by atoms with E-state index in [0.29, 0.717) is 12.4 Å². The highest BCUT2D eigenvalue weighted by atomic mass is 16.3. The maximum absolute atomic E-state index is 11.7. The van der Waals surface area contributed by atoms with Crippen LogP contribution in [-0.4, -0.2) is 23.2 Å². The summed E-state index contributed by atoms with van der Waals surface area (Å²) in [4.78, 5) is 11.7. The molecule has 0 aliphatic carbocycles. The van der Waals surface area contributed by atoms with E-state index in [-0.39, 0.29) is 11.6 Å². The SMILES string of the molecule is CNc1ccc(C(=O)NCc2ccoc2)nn1. The molecule has 2 aromatic heterocycles. The molecule has 0 unspecified atom stereocenters. The molecule has 6 heteroatoms. The van der Waals surface area contributed by atoms with Crippen molar-refractivity contribution in [3.05, 3.63) is 42.0 Å². The Morgan fingerprint density at radius 2 is 2.24 bits per heavy atom. The highest BCUT2D eigenvalue weighted by Gasteiger charge is 2.07. The Kier molecular flexibility index (Phi) is 3.34. The number of aromatic nitrogens is 2. The number of carbonyl (C=O) groups excluding carboxylic acids is 1. The van der Waals surface area contributed by atoms with E-state index in [1.165, 1.54) is 0 Å². The van der Waals surface area contributed by atoms with Gasteiger partial charge in [0.15, 0.2) is 5.69 Å².